The zero-order valence-corrected chi connectivity index (χ0v) is 21.5. The van der Waals surface area contributed by atoms with Crippen LogP contribution in [-0.4, -0.2) is 29.1 Å². The number of rotatable bonds is 11. The fraction of sp³-hybridized carbons (Fsp3) is 0.652. The number of aliphatic hydroxyl groups is 1. The maximum absolute atomic E-state index is 11.7. The van der Waals surface area contributed by atoms with Crippen molar-refractivity contribution >= 4 is 17.4 Å². The number of hydrogen-bond donors (Lipinski definition) is 1. The Morgan fingerprint density at radius 2 is 1.79 bits per heavy atom. The molecule has 0 aliphatic heterocycles. The van der Waals surface area contributed by atoms with E-state index in [0.29, 0.717) is 6.42 Å². The molecule has 1 unspecified atom stereocenters. The van der Waals surface area contributed by atoms with E-state index in [0.717, 1.165) is 22.9 Å². The average Bonchev–Trinajstić information content (AvgIpc) is 2.57. The number of hydrogen-bond acceptors (Lipinski definition) is 3. The highest BCUT2D eigenvalue weighted by Crippen LogP contribution is 2.41. The highest BCUT2D eigenvalue weighted by Gasteiger charge is 2.36. The predicted octanol–water partition coefficient (Wildman–Crippen LogP) is 6.13. The minimum absolute atomic E-state index is 0.0697. The van der Waals surface area contributed by atoms with Gasteiger partial charge in [-0.2, -0.15) is 0 Å². The molecule has 0 spiro atoms. The largest absolute Gasteiger partial charge is 0.547 e. The number of para-hydroxylation sites is 1. The van der Waals surface area contributed by atoms with E-state index in [4.69, 9.17) is 8.85 Å². The Hall–Kier alpha value is -0.886. The fourth-order valence-electron chi connectivity index (χ4n) is 3.33. The van der Waals surface area contributed by atoms with E-state index in [1.807, 2.05) is 12.1 Å². The second kappa shape index (κ2) is 10.2. The van der Waals surface area contributed by atoms with Gasteiger partial charge in [0.05, 0.1) is 6.61 Å². The molecule has 28 heavy (non-hydrogen) atoms. The molecule has 1 aromatic carbocycles. The summed E-state index contributed by atoms with van der Waals surface area (Å²) in [5, 5.41) is 11.7. The lowest BCUT2D eigenvalue weighted by Crippen LogP contribution is -2.40. The molecule has 0 fully saturated rings. The third-order valence-corrected chi connectivity index (χ3v) is 8.18. The van der Waals surface area contributed by atoms with Crippen molar-refractivity contribution in [2.45, 2.75) is 90.2 Å². The molecule has 3 nitrogen and oxygen atoms in total. The zero-order valence-electron chi connectivity index (χ0n) is 19.4. The van der Waals surface area contributed by atoms with E-state index in [2.05, 4.69) is 66.5 Å². The monoisotopic (exact) mass is 422 g/mol. The molecule has 0 aliphatic rings. The Morgan fingerprint density at radius 1 is 1.18 bits per heavy atom. The maximum Gasteiger partial charge on any atom is 0.229 e. The van der Waals surface area contributed by atoms with Crippen LogP contribution in [0.3, 0.4) is 0 Å². The summed E-state index contributed by atoms with van der Waals surface area (Å²) < 4.78 is 12.8. The average molecular weight is 423 g/mol. The molecule has 160 valence electrons. The Kier molecular flexibility index (Phi) is 9.19. The third-order valence-electron chi connectivity index (χ3n) is 4.99. The van der Waals surface area contributed by atoms with Gasteiger partial charge in [0.25, 0.3) is 0 Å². The first-order valence-corrected chi connectivity index (χ1v) is 16.5. The van der Waals surface area contributed by atoms with E-state index in [-0.39, 0.29) is 12.0 Å². The third kappa shape index (κ3) is 7.18. The van der Waals surface area contributed by atoms with Crippen LogP contribution in [0.5, 0.6) is 5.75 Å². The van der Waals surface area contributed by atoms with Crippen LogP contribution in [0.2, 0.25) is 32.2 Å². The van der Waals surface area contributed by atoms with Crippen molar-refractivity contribution in [1.82, 2.24) is 0 Å². The standard InChI is InChI=1S/C23H42O3Si2/c1-10-12-17-28(8,9)25-18-23(24,16-11-2)20-15-13-14-19(22(3,4)5)21(20)26-27(6)7/h11,13-15,24,27H,2,10,12,16-18H2,1,3-9H3. The molecule has 1 atom stereocenters. The first-order chi connectivity index (χ1) is 12.9. The number of unbranched alkanes of at least 4 members (excludes halogenated alkanes) is 1. The van der Waals surface area contributed by atoms with E-state index in [1.54, 1.807) is 6.08 Å². The van der Waals surface area contributed by atoms with Gasteiger partial charge in [-0.25, -0.2) is 0 Å². The molecule has 0 bridgehead atoms. The molecule has 1 N–H and O–H groups in total. The van der Waals surface area contributed by atoms with Gasteiger partial charge in [-0.15, -0.1) is 6.58 Å². The molecule has 1 rings (SSSR count). The predicted molar refractivity (Wildman–Crippen MR) is 127 cm³/mol. The molecule has 0 radical (unpaired) electrons. The lowest BCUT2D eigenvalue weighted by atomic mass is 9.81. The summed E-state index contributed by atoms with van der Waals surface area (Å²) in [6.07, 6.45) is 4.56. The maximum atomic E-state index is 11.7. The molecule has 0 amide bonds. The first-order valence-electron chi connectivity index (χ1n) is 10.6. The van der Waals surface area contributed by atoms with E-state index >= 15 is 0 Å². The first kappa shape index (κ1) is 25.2. The van der Waals surface area contributed by atoms with E-state index in [1.165, 1.54) is 12.8 Å². The van der Waals surface area contributed by atoms with Crippen LogP contribution in [-0.2, 0) is 15.4 Å². The minimum Gasteiger partial charge on any atom is -0.547 e. The molecular weight excluding hydrogens is 380 g/mol. The smallest absolute Gasteiger partial charge is 0.229 e. The SMILES string of the molecule is C=CCC(O)(CO[Si](C)(C)CCCC)c1cccc(C(C)(C)C)c1O[SiH](C)C. The lowest BCUT2D eigenvalue weighted by molar-refractivity contribution is -0.0115. The Bertz CT molecular complexity index is 635. The summed E-state index contributed by atoms with van der Waals surface area (Å²) in [6.45, 7) is 21.7. The van der Waals surface area contributed by atoms with Gasteiger partial charge in [-0.1, -0.05) is 64.8 Å². The van der Waals surface area contributed by atoms with Gasteiger partial charge in [0, 0.05) is 12.0 Å². The van der Waals surface area contributed by atoms with Gasteiger partial charge in [0.2, 0.25) is 9.04 Å². The Balaban J connectivity index is 3.37. The second-order valence-corrected chi connectivity index (χ2v) is 16.4. The van der Waals surface area contributed by atoms with Crippen LogP contribution in [0.4, 0.5) is 0 Å². The van der Waals surface area contributed by atoms with Crippen molar-refractivity contribution in [3.8, 4) is 5.75 Å². The van der Waals surface area contributed by atoms with Crippen molar-refractivity contribution in [2.75, 3.05) is 6.61 Å². The van der Waals surface area contributed by atoms with Crippen molar-refractivity contribution in [1.29, 1.82) is 0 Å². The normalized spacial score (nSPS) is 14.8. The molecule has 0 aliphatic carbocycles. The summed E-state index contributed by atoms with van der Waals surface area (Å²) >= 11 is 0. The van der Waals surface area contributed by atoms with Crippen LogP contribution in [0, 0.1) is 0 Å². The number of benzene rings is 1. The molecular formula is C23H42O3Si2. The molecule has 0 aromatic heterocycles. The van der Waals surface area contributed by atoms with Gasteiger partial charge in [0.1, 0.15) is 11.4 Å². The van der Waals surface area contributed by atoms with Gasteiger partial charge < -0.3 is 14.0 Å². The zero-order chi connectivity index (χ0) is 21.6. The highest BCUT2D eigenvalue weighted by molar-refractivity contribution is 6.71. The summed E-state index contributed by atoms with van der Waals surface area (Å²) in [6, 6.07) is 7.25. The summed E-state index contributed by atoms with van der Waals surface area (Å²) in [5.41, 5.74) is 0.773. The topological polar surface area (TPSA) is 38.7 Å². The van der Waals surface area contributed by atoms with E-state index < -0.39 is 23.0 Å². The fourth-order valence-corrected chi connectivity index (χ4v) is 6.04. The Labute approximate surface area is 176 Å². The molecule has 0 saturated heterocycles. The van der Waals surface area contributed by atoms with Crippen molar-refractivity contribution in [2.24, 2.45) is 0 Å². The highest BCUT2D eigenvalue weighted by atomic mass is 28.4. The summed E-state index contributed by atoms with van der Waals surface area (Å²) in [7, 11) is -3.18. The van der Waals surface area contributed by atoms with Crippen molar-refractivity contribution in [3.05, 3.63) is 42.0 Å². The van der Waals surface area contributed by atoms with Gasteiger partial charge in [-0.3, -0.25) is 0 Å². The van der Waals surface area contributed by atoms with Crippen molar-refractivity contribution in [3.63, 3.8) is 0 Å². The van der Waals surface area contributed by atoms with Gasteiger partial charge in [0.15, 0.2) is 8.32 Å². The quantitative estimate of drug-likeness (QED) is 0.344. The van der Waals surface area contributed by atoms with Gasteiger partial charge in [-0.05, 0) is 43.2 Å². The minimum atomic E-state index is -1.82. The van der Waals surface area contributed by atoms with Crippen molar-refractivity contribution < 1.29 is 14.0 Å². The van der Waals surface area contributed by atoms with Crippen LogP contribution in [0.25, 0.3) is 0 Å². The lowest BCUT2D eigenvalue weighted by Gasteiger charge is -2.36. The van der Waals surface area contributed by atoms with Crippen LogP contribution < -0.4 is 4.43 Å². The molecule has 0 heterocycles. The Morgan fingerprint density at radius 3 is 2.29 bits per heavy atom. The summed E-state index contributed by atoms with van der Waals surface area (Å²) in [5.74, 6) is 0.845. The van der Waals surface area contributed by atoms with E-state index in [9.17, 15) is 5.11 Å². The van der Waals surface area contributed by atoms with Gasteiger partial charge >= 0.3 is 0 Å². The molecule has 5 heteroatoms. The van der Waals surface area contributed by atoms with Crippen LogP contribution in [0.15, 0.2) is 30.9 Å². The van der Waals surface area contributed by atoms with Crippen LogP contribution in [0.1, 0.15) is 58.1 Å². The molecule has 0 saturated carbocycles. The second-order valence-electron chi connectivity index (χ2n) is 9.78. The summed E-state index contributed by atoms with van der Waals surface area (Å²) in [4.78, 5) is 0. The van der Waals surface area contributed by atoms with Crippen LogP contribution >= 0.6 is 0 Å². The molecule has 1 aromatic rings.